The van der Waals surface area contributed by atoms with Crippen LogP contribution >= 0.6 is 0 Å². The van der Waals surface area contributed by atoms with Crippen LogP contribution in [0.15, 0.2) is 96.5 Å². The van der Waals surface area contributed by atoms with Gasteiger partial charge in [0.05, 0.1) is 6.61 Å². The first kappa shape index (κ1) is 27.0. The van der Waals surface area contributed by atoms with Gasteiger partial charge in [0.2, 0.25) is 5.90 Å². The molecule has 1 heterocycles. The van der Waals surface area contributed by atoms with Gasteiger partial charge in [0.1, 0.15) is 11.6 Å². The second-order valence-electron chi connectivity index (χ2n) is 8.95. The van der Waals surface area contributed by atoms with Crippen LogP contribution in [0, 0.1) is 5.82 Å². The maximum atomic E-state index is 13.7. The summed E-state index contributed by atoms with van der Waals surface area (Å²) in [4.78, 5) is 18.5. The Kier molecular flexibility index (Phi) is 9.24. The van der Waals surface area contributed by atoms with Gasteiger partial charge in [-0.1, -0.05) is 48.5 Å². The first-order valence-electron chi connectivity index (χ1n) is 12.6. The standard InChI is InChI=1S/C30H32FN3O4/c1-2-18-30(29(36)34-32-19-17-22-9-13-25(31)14-10-22)27(23-7-4-3-5-8-23)38-28(33-30)24-11-15-26(16-12-24)37-21-6-20-35/h2-5,7-16,27,32,35H,1,6,17-21H2,(H,34,36)/t27-,30-/m0/s1. The van der Waals surface area contributed by atoms with Crippen molar-refractivity contribution in [3.8, 4) is 5.75 Å². The molecule has 0 radical (unpaired) electrons. The van der Waals surface area contributed by atoms with Gasteiger partial charge >= 0.3 is 0 Å². The van der Waals surface area contributed by atoms with Gasteiger partial charge in [-0.15, -0.1) is 6.58 Å². The third-order valence-corrected chi connectivity index (χ3v) is 6.24. The molecule has 38 heavy (non-hydrogen) atoms. The lowest BCUT2D eigenvalue weighted by molar-refractivity contribution is -0.129. The molecule has 198 valence electrons. The Morgan fingerprint density at radius 3 is 2.53 bits per heavy atom. The molecule has 3 aromatic carbocycles. The molecule has 0 aromatic heterocycles. The average molecular weight is 518 g/mol. The van der Waals surface area contributed by atoms with Crippen LogP contribution in [-0.2, 0) is 16.0 Å². The van der Waals surface area contributed by atoms with E-state index in [2.05, 4.69) is 17.4 Å². The number of hydrogen-bond donors (Lipinski definition) is 3. The number of ether oxygens (including phenoxy) is 2. The van der Waals surface area contributed by atoms with Crippen molar-refractivity contribution in [3.63, 3.8) is 0 Å². The lowest BCUT2D eigenvalue weighted by Crippen LogP contribution is -2.52. The van der Waals surface area contributed by atoms with E-state index in [4.69, 9.17) is 19.6 Å². The molecule has 1 amide bonds. The number of carbonyl (C=O) groups is 1. The average Bonchev–Trinajstić information content (AvgIpc) is 3.34. The fourth-order valence-electron chi connectivity index (χ4n) is 4.27. The number of nitrogens with zero attached hydrogens (tertiary/aromatic N) is 1. The number of amides is 1. The fourth-order valence-corrected chi connectivity index (χ4v) is 4.27. The largest absolute Gasteiger partial charge is 0.494 e. The van der Waals surface area contributed by atoms with Crippen molar-refractivity contribution in [2.45, 2.75) is 30.9 Å². The van der Waals surface area contributed by atoms with Gasteiger partial charge < -0.3 is 14.6 Å². The Hall–Kier alpha value is -4.01. The second-order valence-corrected chi connectivity index (χ2v) is 8.95. The minimum atomic E-state index is -1.28. The van der Waals surface area contributed by atoms with Crippen molar-refractivity contribution < 1.29 is 23.8 Å². The van der Waals surface area contributed by atoms with Crippen LogP contribution in [0.3, 0.4) is 0 Å². The summed E-state index contributed by atoms with van der Waals surface area (Å²) in [6, 6.07) is 23.1. The van der Waals surface area contributed by atoms with Crippen LogP contribution in [-0.4, -0.2) is 42.2 Å². The van der Waals surface area contributed by atoms with Crippen molar-refractivity contribution in [1.29, 1.82) is 0 Å². The number of nitrogens with one attached hydrogen (secondary N) is 2. The molecule has 0 fully saturated rings. The monoisotopic (exact) mass is 517 g/mol. The van der Waals surface area contributed by atoms with Gasteiger partial charge in [0, 0.05) is 31.6 Å². The Bertz CT molecular complexity index is 1230. The van der Waals surface area contributed by atoms with Gasteiger partial charge in [-0.25, -0.2) is 14.8 Å². The summed E-state index contributed by atoms with van der Waals surface area (Å²) in [6.07, 6.45) is 2.41. The van der Waals surface area contributed by atoms with E-state index >= 15 is 0 Å². The third kappa shape index (κ3) is 6.45. The van der Waals surface area contributed by atoms with E-state index in [9.17, 15) is 9.18 Å². The topological polar surface area (TPSA) is 92.2 Å². The Labute approximate surface area is 222 Å². The third-order valence-electron chi connectivity index (χ3n) is 6.24. The summed E-state index contributed by atoms with van der Waals surface area (Å²) >= 11 is 0. The highest BCUT2D eigenvalue weighted by Crippen LogP contribution is 2.42. The minimum Gasteiger partial charge on any atom is -0.494 e. The van der Waals surface area contributed by atoms with Gasteiger partial charge in [-0.2, -0.15) is 0 Å². The van der Waals surface area contributed by atoms with Gasteiger partial charge in [0.25, 0.3) is 5.91 Å². The van der Waals surface area contributed by atoms with Crippen LogP contribution in [0.1, 0.15) is 35.6 Å². The molecule has 1 aliphatic heterocycles. The number of rotatable bonds is 13. The van der Waals surface area contributed by atoms with Crippen LogP contribution in [0.4, 0.5) is 4.39 Å². The Morgan fingerprint density at radius 2 is 1.84 bits per heavy atom. The Balaban J connectivity index is 1.54. The summed E-state index contributed by atoms with van der Waals surface area (Å²) in [5.74, 6) is 0.390. The molecule has 7 nitrogen and oxygen atoms in total. The van der Waals surface area contributed by atoms with Gasteiger partial charge in [0.15, 0.2) is 11.6 Å². The number of halogens is 1. The van der Waals surface area contributed by atoms with Crippen molar-refractivity contribution in [2.75, 3.05) is 19.8 Å². The quantitative estimate of drug-likeness (QED) is 0.179. The van der Waals surface area contributed by atoms with Crippen LogP contribution < -0.4 is 15.6 Å². The molecule has 4 rings (SSSR count). The Morgan fingerprint density at radius 1 is 1.11 bits per heavy atom. The molecule has 8 heteroatoms. The summed E-state index contributed by atoms with van der Waals surface area (Å²) in [5, 5.41) is 8.95. The minimum absolute atomic E-state index is 0.0676. The van der Waals surface area contributed by atoms with Gasteiger partial charge in [-0.05, 0) is 53.9 Å². The summed E-state index contributed by atoms with van der Waals surface area (Å²) in [5.41, 5.74) is 6.98. The summed E-state index contributed by atoms with van der Waals surface area (Å²) in [6.45, 7) is 4.81. The molecule has 0 saturated heterocycles. The van der Waals surface area contributed by atoms with Crippen molar-refractivity contribution in [3.05, 3.63) is 114 Å². The van der Waals surface area contributed by atoms with E-state index in [1.165, 1.54) is 12.1 Å². The molecule has 3 aromatic rings. The van der Waals surface area contributed by atoms with Crippen molar-refractivity contribution in [2.24, 2.45) is 4.99 Å². The highest BCUT2D eigenvalue weighted by atomic mass is 19.1. The molecule has 0 spiro atoms. The molecule has 0 aliphatic carbocycles. The number of benzene rings is 3. The zero-order valence-corrected chi connectivity index (χ0v) is 21.1. The zero-order chi connectivity index (χ0) is 26.8. The zero-order valence-electron chi connectivity index (χ0n) is 21.1. The molecule has 3 N–H and O–H groups in total. The second kappa shape index (κ2) is 13.0. The molecule has 1 aliphatic rings. The number of aliphatic imine (C=N–C) groups is 1. The maximum absolute atomic E-state index is 13.7. The SMILES string of the molecule is C=CC[C@]1(C(=O)NNCCc2ccc(F)cc2)N=C(c2ccc(OCCCO)cc2)O[C@H]1c1ccccc1. The highest BCUT2D eigenvalue weighted by Gasteiger charge is 2.52. The van der Waals surface area contributed by atoms with Crippen molar-refractivity contribution >= 4 is 11.8 Å². The van der Waals surface area contributed by atoms with Crippen LogP contribution in [0.5, 0.6) is 5.75 Å². The first-order valence-corrected chi connectivity index (χ1v) is 12.6. The lowest BCUT2D eigenvalue weighted by Gasteiger charge is -2.29. The predicted molar refractivity (Wildman–Crippen MR) is 144 cm³/mol. The maximum Gasteiger partial charge on any atom is 0.266 e. The summed E-state index contributed by atoms with van der Waals surface area (Å²) in [7, 11) is 0. The van der Waals surface area contributed by atoms with E-state index < -0.39 is 11.6 Å². The first-order chi connectivity index (χ1) is 18.6. The number of hydrazine groups is 1. The number of aliphatic hydroxyl groups is 1. The van der Waals surface area contributed by atoms with E-state index in [1.807, 2.05) is 42.5 Å². The number of aliphatic hydroxyl groups excluding tert-OH is 1. The van der Waals surface area contributed by atoms with E-state index in [1.54, 1.807) is 30.3 Å². The molecule has 0 saturated carbocycles. The molecular weight excluding hydrogens is 485 g/mol. The molecule has 2 atom stereocenters. The van der Waals surface area contributed by atoms with E-state index in [-0.39, 0.29) is 24.8 Å². The van der Waals surface area contributed by atoms with Gasteiger partial charge in [-0.3, -0.25) is 10.2 Å². The summed E-state index contributed by atoms with van der Waals surface area (Å²) < 4.78 is 25.1. The molecule has 0 bridgehead atoms. The van der Waals surface area contributed by atoms with Crippen LogP contribution in [0.2, 0.25) is 0 Å². The normalized spacial score (nSPS) is 18.4. The number of hydrogen-bond acceptors (Lipinski definition) is 6. The smallest absolute Gasteiger partial charge is 0.266 e. The van der Waals surface area contributed by atoms with E-state index in [0.29, 0.717) is 43.2 Å². The lowest BCUT2D eigenvalue weighted by atomic mass is 9.84. The van der Waals surface area contributed by atoms with Crippen LogP contribution in [0.25, 0.3) is 0 Å². The number of carbonyl (C=O) groups excluding carboxylic acids is 1. The highest BCUT2D eigenvalue weighted by molar-refractivity contribution is 6.01. The van der Waals surface area contributed by atoms with Crippen molar-refractivity contribution in [1.82, 2.24) is 10.9 Å². The molecule has 0 unspecified atom stereocenters. The predicted octanol–water partition coefficient (Wildman–Crippen LogP) is 4.28. The molecular formula is C30H32FN3O4. The van der Waals surface area contributed by atoms with E-state index in [0.717, 1.165) is 11.1 Å². The fraction of sp³-hybridized carbons (Fsp3) is 0.267.